The molecule has 0 aromatic carbocycles. The number of carboxylic acids is 1. The van der Waals surface area contributed by atoms with Gasteiger partial charge < -0.3 is 10.0 Å². The molecule has 0 aromatic rings. The normalized spacial score (nSPS) is 27.8. The smallest absolute Gasteiger partial charge is 0.307 e. The number of carbonyl (C=O) groups is 2. The molecule has 6 nitrogen and oxygen atoms in total. The maximum absolute atomic E-state index is 12.5. The molecular weight excluding hydrogens is 318 g/mol. The Morgan fingerprint density at radius 2 is 1.52 bits per heavy atom. The Labute approximate surface area is 151 Å². The first-order valence-corrected chi connectivity index (χ1v) is 10.1. The molecule has 0 aromatic heterocycles. The van der Waals surface area contributed by atoms with Gasteiger partial charge in [0.2, 0.25) is 5.91 Å². The second-order valence-electron chi connectivity index (χ2n) is 7.97. The number of likely N-dealkylation sites (tertiary alicyclic amines) is 3. The van der Waals surface area contributed by atoms with E-state index in [9.17, 15) is 14.7 Å². The average molecular weight is 351 g/mol. The van der Waals surface area contributed by atoms with E-state index in [2.05, 4.69) is 14.7 Å². The van der Waals surface area contributed by atoms with Crippen LogP contribution in [0.5, 0.6) is 0 Å². The Hall–Kier alpha value is -1.14. The number of amides is 1. The van der Waals surface area contributed by atoms with Gasteiger partial charge in [-0.05, 0) is 45.1 Å². The molecule has 3 heterocycles. The van der Waals surface area contributed by atoms with Crippen LogP contribution in [0.2, 0.25) is 0 Å². The van der Waals surface area contributed by atoms with E-state index in [1.54, 1.807) is 0 Å². The van der Waals surface area contributed by atoms with Crippen LogP contribution in [0.3, 0.4) is 0 Å². The van der Waals surface area contributed by atoms with Gasteiger partial charge in [0, 0.05) is 38.8 Å². The summed E-state index contributed by atoms with van der Waals surface area (Å²) in [6.45, 7) is 6.06. The number of carbonyl (C=O) groups excluding carboxylic acids is 1. The van der Waals surface area contributed by atoms with Crippen molar-refractivity contribution < 1.29 is 14.7 Å². The fraction of sp³-hybridized carbons (Fsp3) is 0.895. The lowest BCUT2D eigenvalue weighted by Crippen LogP contribution is -2.51. The van der Waals surface area contributed by atoms with Gasteiger partial charge in [0.15, 0.2) is 0 Å². The summed E-state index contributed by atoms with van der Waals surface area (Å²) in [7, 11) is 0. The molecule has 3 fully saturated rings. The molecule has 0 bridgehead atoms. The van der Waals surface area contributed by atoms with Crippen molar-refractivity contribution in [3.8, 4) is 0 Å². The molecule has 3 rings (SSSR count). The minimum Gasteiger partial charge on any atom is -0.481 e. The second kappa shape index (κ2) is 8.99. The van der Waals surface area contributed by atoms with Crippen LogP contribution >= 0.6 is 0 Å². The van der Waals surface area contributed by atoms with Crippen molar-refractivity contribution in [2.75, 3.05) is 45.8 Å². The summed E-state index contributed by atoms with van der Waals surface area (Å²) >= 11 is 0. The van der Waals surface area contributed by atoms with Gasteiger partial charge in [-0.3, -0.25) is 19.4 Å². The lowest BCUT2D eigenvalue weighted by molar-refractivity contribution is -0.144. The summed E-state index contributed by atoms with van der Waals surface area (Å²) in [6, 6.07) is 0.492. The SMILES string of the molecule is O=C(O)[C@H]1CCCN(C2CCN(CC(=O)N3CCCCCC3)CC2)C1. The zero-order valence-corrected chi connectivity index (χ0v) is 15.4. The molecule has 25 heavy (non-hydrogen) atoms. The molecule has 3 aliphatic rings. The minimum atomic E-state index is -0.648. The van der Waals surface area contributed by atoms with Gasteiger partial charge in [-0.15, -0.1) is 0 Å². The molecule has 0 saturated carbocycles. The molecule has 1 amide bonds. The van der Waals surface area contributed by atoms with E-state index in [1.807, 2.05) is 0 Å². The molecule has 0 aliphatic carbocycles. The topological polar surface area (TPSA) is 64.1 Å². The first kappa shape index (κ1) is 18.6. The standard InChI is InChI=1S/C19H33N3O3/c23-18(21-9-3-1-2-4-10-21)15-20-12-7-17(8-13-20)22-11-5-6-16(14-22)19(24)25/h16-17H,1-15H2,(H,24,25)/t16-/m0/s1. The fourth-order valence-corrected chi connectivity index (χ4v) is 4.59. The zero-order valence-electron chi connectivity index (χ0n) is 15.4. The Morgan fingerprint density at radius 1 is 0.840 bits per heavy atom. The van der Waals surface area contributed by atoms with Crippen molar-refractivity contribution in [2.45, 2.75) is 57.4 Å². The van der Waals surface area contributed by atoms with Crippen LogP contribution in [0.15, 0.2) is 0 Å². The highest BCUT2D eigenvalue weighted by Gasteiger charge is 2.32. The van der Waals surface area contributed by atoms with E-state index in [0.29, 0.717) is 25.0 Å². The van der Waals surface area contributed by atoms with Gasteiger partial charge in [0.05, 0.1) is 12.5 Å². The largest absolute Gasteiger partial charge is 0.481 e. The first-order chi connectivity index (χ1) is 12.1. The Morgan fingerprint density at radius 3 is 2.16 bits per heavy atom. The minimum absolute atomic E-state index is 0.198. The molecule has 1 N–H and O–H groups in total. The number of hydrogen-bond acceptors (Lipinski definition) is 4. The maximum Gasteiger partial charge on any atom is 0.307 e. The Kier molecular flexibility index (Phi) is 6.70. The van der Waals surface area contributed by atoms with Gasteiger partial charge in [-0.1, -0.05) is 12.8 Å². The van der Waals surface area contributed by atoms with E-state index >= 15 is 0 Å². The van der Waals surface area contributed by atoms with Gasteiger partial charge in [-0.25, -0.2) is 0 Å². The van der Waals surface area contributed by atoms with Gasteiger partial charge in [-0.2, -0.15) is 0 Å². The summed E-state index contributed by atoms with van der Waals surface area (Å²) < 4.78 is 0. The van der Waals surface area contributed by atoms with Crippen LogP contribution in [0.4, 0.5) is 0 Å². The third-order valence-electron chi connectivity index (χ3n) is 6.19. The van der Waals surface area contributed by atoms with E-state index in [-0.39, 0.29) is 5.92 Å². The lowest BCUT2D eigenvalue weighted by Gasteiger charge is -2.41. The third kappa shape index (κ3) is 5.17. The van der Waals surface area contributed by atoms with Crippen molar-refractivity contribution in [1.82, 2.24) is 14.7 Å². The molecule has 6 heteroatoms. The van der Waals surface area contributed by atoms with E-state index < -0.39 is 5.97 Å². The van der Waals surface area contributed by atoms with Gasteiger partial charge in [0.1, 0.15) is 0 Å². The Bertz CT molecular complexity index is 455. The van der Waals surface area contributed by atoms with Crippen LogP contribution < -0.4 is 0 Å². The predicted molar refractivity (Wildman–Crippen MR) is 96.4 cm³/mol. The second-order valence-corrected chi connectivity index (χ2v) is 7.97. The van der Waals surface area contributed by atoms with Crippen LogP contribution in [-0.2, 0) is 9.59 Å². The molecular formula is C19H33N3O3. The average Bonchev–Trinajstić information content (AvgIpc) is 2.92. The number of carboxylic acid groups (broad SMARTS) is 1. The van der Waals surface area contributed by atoms with Crippen molar-refractivity contribution in [1.29, 1.82) is 0 Å². The number of aliphatic carboxylic acids is 1. The van der Waals surface area contributed by atoms with Crippen molar-refractivity contribution >= 4 is 11.9 Å². The molecule has 3 saturated heterocycles. The quantitative estimate of drug-likeness (QED) is 0.834. The van der Waals surface area contributed by atoms with Crippen molar-refractivity contribution in [3.05, 3.63) is 0 Å². The number of nitrogens with zero attached hydrogens (tertiary/aromatic N) is 3. The summed E-state index contributed by atoms with van der Waals surface area (Å²) in [6.07, 6.45) is 8.71. The summed E-state index contributed by atoms with van der Waals surface area (Å²) in [4.78, 5) is 30.5. The van der Waals surface area contributed by atoms with Crippen LogP contribution in [0, 0.1) is 5.92 Å². The highest BCUT2D eigenvalue weighted by molar-refractivity contribution is 5.78. The molecule has 0 radical (unpaired) electrons. The van der Waals surface area contributed by atoms with Crippen LogP contribution in [-0.4, -0.2) is 83.5 Å². The number of rotatable bonds is 4. The highest BCUT2D eigenvalue weighted by Crippen LogP contribution is 2.24. The van der Waals surface area contributed by atoms with Gasteiger partial charge >= 0.3 is 5.97 Å². The molecule has 142 valence electrons. The predicted octanol–water partition coefficient (Wildman–Crippen LogP) is 1.65. The highest BCUT2D eigenvalue weighted by atomic mass is 16.4. The third-order valence-corrected chi connectivity index (χ3v) is 6.19. The number of hydrogen-bond donors (Lipinski definition) is 1. The lowest BCUT2D eigenvalue weighted by atomic mass is 9.94. The van der Waals surface area contributed by atoms with Crippen LogP contribution in [0.1, 0.15) is 51.4 Å². The number of piperidine rings is 2. The van der Waals surface area contributed by atoms with E-state index in [1.165, 1.54) is 12.8 Å². The molecule has 0 spiro atoms. The maximum atomic E-state index is 12.5. The Balaban J connectivity index is 1.42. The zero-order chi connectivity index (χ0) is 17.6. The summed E-state index contributed by atoms with van der Waals surface area (Å²) in [5.41, 5.74) is 0. The van der Waals surface area contributed by atoms with Crippen LogP contribution in [0.25, 0.3) is 0 Å². The van der Waals surface area contributed by atoms with Crippen molar-refractivity contribution in [2.24, 2.45) is 5.92 Å². The fourth-order valence-electron chi connectivity index (χ4n) is 4.59. The monoisotopic (exact) mass is 351 g/mol. The molecule has 0 unspecified atom stereocenters. The first-order valence-electron chi connectivity index (χ1n) is 10.1. The summed E-state index contributed by atoms with van der Waals surface area (Å²) in [5, 5.41) is 9.26. The van der Waals surface area contributed by atoms with Crippen molar-refractivity contribution in [3.63, 3.8) is 0 Å². The van der Waals surface area contributed by atoms with E-state index in [4.69, 9.17) is 0 Å². The summed E-state index contributed by atoms with van der Waals surface area (Å²) in [5.74, 6) is -0.550. The van der Waals surface area contributed by atoms with E-state index in [0.717, 1.165) is 71.2 Å². The molecule has 1 atom stereocenters. The van der Waals surface area contributed by atoms with Gasteiger partial charge in [0.25, 0.3) is 0 Å². The molecule has 3 aliphatic heterocycles.